The zero-order chi connectivity index (χ0) is 13.2. The summed E-state index contributed by atoms with van der Waals surface area (Å²) in [6.07, 6.45) is -6.67. The first-order chi connectivity index (χ1) is 7.75. The molecule has 0 saturated carbocycles. The molecule has 0 saturated heterocycles. The van der Waals surface area contributed by atoms with Gasteiger partial charge in [0.1, 0.15) is 5.75 Å². The van der Waals surface area contributed by atoms with Crippen LogP contribution in [0.25, 0.3) is 0 Å². The highest BCUT2D eigenvalue weighted by Gasteiger charge is 2.41. The van der Waals surface area contributed by atoms with Gasteiger partial charge in [-0.1, -0.05) is 23.2 Å². The van der Waals surface area contributed by atoms with Crippen molar-refractivity contribution in [3.05, 3.63) is 26.7 Å². The van der Waals surface area contributed by atoms with Crippen molar-refractivity contribution in [2.75, 3.05) is 6.54 Å². The Morgan fingerprint density at radius 2 is 1.88 bits per heavy atom. The Labute approximate surface area is 114 Å². The highest BCUT2D eigenvalue weighted by Crippen LogP contribution is 2.36. The minimum absolute atomic E-state index is 0.0176. The third-order valence-corrected chi connectivity index (χ3v) is 3.32. The summed E-state index contributed by atoms with van der Waals surface area (Å²) in [6.45, 7) is -0.701. The molecule has 1 unspecified atom stereocenters. The van der Waals surface area contributed by atoms with Gasteiger partial charge in [-0.2, -0.15) is 13.2 Å². The minimum Gasteiger partial charge on any atom is -0.478 e. The molecule has 0 aliphatic carbocycles. The molecule has 17 heavy (non-hydrogen) atoms. The molecule has 2 N–H and O–H groups in total. The van der Waals surface area contributed by atoms with Crippen LogP contribution in [0.5, 0.6) is 5.75 Å². The summed E-state index contributed by atoms with van der Waals surface area (Å²) in [7, 11) is 0. The zero-order valence-electron chi connectivity index (χ0n) is 8.19. The van der Waals surface area contributed by atoms with Crippen LogP contribution in [-0.4, -0.2) is 18.8 Å². The van der Waals surface area contributed by atoms with E-state index in [1.807, 2.05) is 0 Å². The molecule has 1 rings (SSSR count). The van der Waals surface area contributed by atoms with E-state index in [1.165, 1.54) is 12.1 Å². The maximum Gasteiger partial charge on any atom is 0.426 e. The fourth-order valence-electron chi connectivity index (χ4n) is 0.996. The number of alkyl halides is 3. The lowest BCUT2D eigenvalue weighted by atomic mass is 10.3. The van der Waals surface area contributed by atoms with E-state index in [9.17, 15) is 13.2 Å². The molecule has 1 aromatic carbocycles. The minimum atomic E-state index is -4.56. The lowest BCUT2D eigenvalue weighted by molar-refractivity contribution is -0.191. The molecule has 0 aromatic heterocycles. The van der Waals surface area contributed by atoms with E-state index in [0.29, 0.717) is 4.47 Å². The fraction of sp³-hybridized carbons (Fsp3) is 0.333. The molecule has 0 aliphatic rings. The van der Waals surface area contributed by atoms with Gasteiger partial charge in [0.05, 0.1) is 10.0 Å². The Hall–Kier alpha value is -0.170. The third-order valence-electron chi connectivity index (χ3n) is 1.82. The van der Waals surface area contributed by atoms with Gasteiger partial charge in [0.25, 0.3) is 0 Å². The average Bonchev–Trinajstić information content (AvgIpc) is 2.19. The Kier molecular flexibility index (Phi) is 4.95. The molecule has 0 amide bonds. The number of benzene rings is 1. The summed E-state index contributed by atoms with van der Waals surface area (Å²) in [5.74, 6) is -0.160. The molecule has 0 bridgehead atoms. The van der Waals surface area contributed by atoms with Crippen molar-refractivity contribution in [3.63, 3.8) is 0 Å². The molecule has 96 valence electrons. The molecule has 2 nitrogen and oxygen atoms in total. The fourth-order valence-corrected chi connectivity index (χ4v) is 1.83. The maximum atomic E-state index is 12.4. The third kappa shape index (κ3) is 3.91. The summed E-state index contributed by atoms with van der Waals surface area (Å²) in [6, 6.07) is 2.55. The van der Waals surface area contributed by atoms with Crippen LogP contribution in [0.3, 0.4) is 0 Å². The van der Waals surface area contributed by atoms with Gasteiger partial charge >= 0.3 is 6.18 Å². The van der Waals surface area contributed by atoms with Crippen LogP contribution in [0.4, 0.5) is 13.2 Å². The van der Waals surface area contributed by atoms with Gasteiger partial charge in [0, 0.05) is 17.1 Å². The number of hydrogen-bond donors (Lipinski definition) is 1. The second kappa shape index (κ2) is 5.65. The van der Waals surface area contributed by atoms with Crippen molar-refractivity contribution in [2.24, 2.45) is 5.73 Å². The molecule has 0 radical (unpaired) electrons. The molecular weight excluding hydrogens is 346 g/mol. The quantitative estimate of drug-likeness (QED) is 0.834. The van der Waals surface area contributed by atoms with Crippen LogP contribution in [0.15, 0.2) is 16.6 Å². The van der Waals surface area contributed by atoms with Gasteiger partial charge in [-0.05, 0) is 22.0 Å². The van der Waals surface area contributed by atoms with Crippen molar-refractivity contribution < 1.29 is 17.9 Å². The lowest BCUT2D eigenvalue weighted by Crippen LogP contribution is -2.40. The number of nitrogens with two attached hydrogens (primary N) is 1. The van der Waals surface area contributed by atoms with Crippen molar-refractivity contribution in [2.45, 2.75) is 12.3 Å². The summed E-state index contributed by atoms with van der Waals surface area (Å²) in [5, 5.41) is 0.214. The van der Waals surface area contributed by atoms with Gasteiger partial charge in [-0.3, -0.25) is 0 Å². The average molecular weight is 353 g/mol. The van der Waals surface area contributed by atoms with Crippen LogP contribution in [-0.2, 0) is 0 Å². The largest absolute Gasteiger partial charge is 0.478 e. The highest BCUT2D eigenvalue weighted by atomic mass is 79.9. The van der Waals surface area contributed by atoms with E-state index in [2.05, 4.69) is 15.9 Å². The first-order valence-corrected chi connectivity index (χ1v) is 5.88. The summed E-state index contributed by atoms with van der Waals surface area (Å²) in [5.41, 5.74) is 4.99. The van der Waals surface area contributed by atoms with Crippen LogP contribution in [0, 0.1) is 0 Å². The van der Waals surface area contributed by atoms with Crippen molar-refractivity contribution in [3.8, 4) is 5.75 Å². The Morgan fingerprint density at radius 3 is 2.35 bits per heavy atom. The molecular formula is C9H7BrCl2F3NO. The first kappa shape index (κ1) is 14.9. The predicted octanol–water partition coefficient (Wildman–Crippen LogP) is 4.02. The van der Waals surface area contributed by atoms with E-state index in [1.54, 1.807) is 0 Å². The van der Waals surface area contributed by atoms with Crippen molar-refractivity contribution in [1.29, 1.82) is 0 Å². The second-order valence-corrected chi connectivity index (χ2v) is 4.75. The predicted molar refractivity (Wildman–Crippen MR) is 63.7 cm³/mol. The van der Waals surface area contributed by atoms with E-state index in [0.717, 1.165) is 0 Å². The Bertz CT molecular complexity index is 414. The van der Waals surface area contributed by atoms with Crippen LogP contribution >= 0.6 is 39.1 Å². The standard InChI is InChI=1S/C9H7BrCl2F3NO/c10-4-1-6(12)7(2-5(4)11)17-8(3-16)9(13,14)15/h1-2,8H,3,16H2. The number of hydrogen-bond acceptors (Lipinski definition) is 2. The van der Waals surface area contributed by atoms with E-state index < -0.39 is 18.8 Å². The van der Waals surface area contributed by atoms with Gasteiger partial charge in [0.2, 0.25) is 6.10 Å². The normalized spacial score (nSPS) is 13.6. The molecule has 0 fully saturated rings. The van der Waals surface area contributed by atoms with Crippen LogP contribution in [0.1, 0.15) is 0 Å². The highest BCUT2D eigenvalue weighted by molar-refractivity contribution is 9.10. The second-order valence-electron chi connectivity index (χ2n) is 3.08. The van der Waals surface area contributed by atoms with Crippen LogP contribution < -0.4 is 10.5 Å². The number of rotatable bonds is 3. The molecule has 1 aromatic rings. The molecule has 0 heterocycles. The smallest absolute Gasteiger partial charge is 0.426 e. The maximum absolute atomic E-state index is 12.4. The Balaban J connectivity index is 2.98. The van der Waals surface area contributed by atoms with E-state index in [4.69, 9.17) is 33.7 Å². The molecule has 0 aliphatic heterocycles. The molecule has 8 heteroatoms. The van der Waals surface area contributed by atoms with Gasteiger partial charge in [-0.25, -0.2) is 0 Å². The monoisotopic (exact) mass is 351 g/mol. The van der Waals surface area contributed by atoms with E-state index >= 15 is 0 Å². The summed E-state index contributed by atoms with van der Waals surface area (Å²) < 4.78 is 42.5. The topological polar surface area (TPSA) is 35.2 Å². The van der Waals surface area contributed by atoms with Crippen LogP contribution in [0.2, 0.25) is 10.0 Å². The summed E-state index contributed by atoms with van der Waals surface area (Å²) in [4.78, 5) is 0. The Morgan fingerprint density at radius 1 is 1.29 bits per heavy atom. The SMILES string of the molecule is NCC(Oc1cc(Cl)c(Br)cc1Cl)C(F)(F)F. The van der Waals surface area contributed by atoms with Gasteiger partial charge in [0.15, 0.2) is 0 Å². The number of ether oxygens (including phenoxy) is 1. The van der Waals surface area contributed by atoms with Crippen molar-refractivity contribution >= 4 is 39.1 Å². The zero-order valence-corrected chi connectivity index (χ0v) is 11.3. The van der Waals surface area contributed by atoms with Crippen molar-refractivity contribution in [1.82, 2.24) is 0 Å². The molecule has 0 spiro atoms. The molecule has 1 atom stereocenters. The van der Waals surface area contributed by atoms with Gasteiger partial charge in [-0.15, -0.1) is 0 Å². The first-order valence-electron chi connectivity index (χ1n) is 4.33. The number of halogens is 6. The summed E-state index contributed by atoms with van der Waals surface area (Å²) >= 11 is 14.5. The van der Waals surface area contributed by atoms with E-state index in [-0.39, 0.29) is 15.8 Å². The lowest BCUT2D eigenvalue weighted by Gasteiger charge is -2.21. The van der Waals surface area contributed by atoms with Gasteiger partial charge < -0.3 is 10.5 Å².